The topological polar surface area (TPSA) is 70.6 Å². The van der Waals surface area contributed by atoms with Crippen LogP contribution in [0.25, 0.3) is 5.03 Å². The highest BCUT2D eigenvalue weighted by Crippen LogP contribution is 2.38. The zero-order chi connectivity index (χ0) is 25.1. The van der Waals surface area contributed by atoms with Crippen molar-refractivity contribution >= 4 is 33.9 Å². The summed E-state index contributed by atoms with van der Waals surface area (Å²) < 4.78 is 6.14. The van der Waals surface area contributed by atoms with Gasteiger partial charge in [0.15, 0.2) is 0 Å². The normalized spacial score (nSPS) is 15.3. The highest BCUT2D eigenvalue weighted by molar-refractivity contribution is 6.49. The van der Waals surface area contributed by atoms with Crippen LogP contribution in [0.2, 0.25) is 0 Å². The number of amides is 1. The molecule has 8 heteroatoms. The van der Waals surface area contributed by atoms with E-state index in [2.05, 4.69) is 53.0 Å². The number of hydrogen-bond acceptors (Lipinski definition) is 6. The number of aromatic nitrogens is 2. The molecule has 1 amide bonds. The molecule has 1 N–H and O–H groups in total. The molecule has 1 aromatic heterocycles. The molecule has 1 aliphatic heterocycles. The highest BCUT2D eigenvalue weighted by Gasteiger charge is 2.23. The molecule has 3 aromatic rings. The van der Waals surface area contributed by atoms with Crippen molar-refractivity contribution in [3.05, 3.63) is 89.9 Å². The lowest BCUT2D eigenvalue weighted by atomic mass is 10.1. The van der Waals surface area contributed by atoms with Crippen LogP contribution in [0.5, 0.6) is 11.6 Å². The first-order valence-corrected chi connectivity index (χ1v) is 12.4. The number of rotatable bonds is 7. The van der Waals surface area contributed by atoms with E-state index in [0.29, 0.717) is 41.0 Å². The third-order valence-corrected chi connectivity index (χ3v) is 6.74. The maximum atomic E-state index is 11.5. The van der Waals surface area contributed by atoms with Crippen molar-refractivity contribution in [2.75, 3.05) is 43.4 Å². The minimum atomic E-state index is -0.268. The fourth-order valence-corrected chi connectivity index (χ4v) is 4.61. The second kappa shape index (κ2) is 10.5. The fraction of sp³-hybridized carbons (Fsp3) is 0.250. The van der Waals surface area contributed by atoms with Crippen LogP contribution in [0, 0.1) is 0 Å². The van der Waals surface area contributed by atoms with Crippen molar-refractivity contribution in [2.45, 2.75) is 12.8 Å². The van der Waals surface area contributed by atoms with Gasteiger partial charge < -0.3 is 19.9 Å². The number of piperazine rings is 1. The third kappa shape index (κ3) is 5.42. The maximum Gasteiger partial charge on any atom is 0.247 e. The number of nitrogens with zero attached hydrogens (tertiary/aromatic N) is 4. The minimum Gasteiger partial charge on any atom is -0.438 e. The zero-order valence-corrected chi connectivity index (χ0v) is 21.0. The molecule has 0 unspecified atom stereocenters. The first-order valence-electron chi connectivity index (χ1n) is 12.0. The van der Waals surface area contributed by atoms with Crippen LogP contribution in [-0.4, -0.2) is 54.0 Å². The molecule has 1 fully saturated rings. The lowest BCUT2D eigenvalue weighted by Crippen LogP contribution is -2.44. The summed E-state index contributed by atoms with van der Waals surface area (Å²) in [5, 5.41) is 3.32. The van der Waals surface area contributed by atoms with Crippen molar-refractivity contribution in [1.29, 1.82) is 0 Å². The Balaban J connectivity index is 1.33. The van der Waals surface area contributed by atoms with Crippen LogP contribution in [0.3, 0.4) is 0 Å². The molecular formula is C28H28ClN5O2. The molecule has 2 aromatic carbocycles. The summed E-state index contributed by atoms with van der Waals surface area (Å²) in [6, 6.07) is 15.7. The second-order valence-corrected chi connectivity index (χ2v) is 9.38. The lowest BCUT2D eigenvalue weighted by Gasteiger charge is -2.34. The van der Waals surface area contributed by atoms with Crippen LogP contribution in [-0.2, 0) is 17.6 Å². The largest absolute Gasteiger partial charge is 0.438 e. The van der Waals surface area contributed by atoms with E-state index in [0.717, 1.165) is 43.0 Å². The molecular weight excluding hydrogens is 474 g/mol. The molecule has 1 aliphatic carbocycles. The van der Waals surface area contributed by atoms with Gasteiger partial charge in [-0.1, -0.05) is 36.4 Å². The van der Waals surface area contributed by atoms with E-state index in [1.165, 1.54) is 11.8 Å². The predicted molar refractivity (Wildman–Crippen MR) is 144 cm³/mol. The molecule has 0 radical (unpaired) electrons. The number of carbonyl (C=O) groups excluding carboxylic acids is 1. The van der Waals surface area contributed by atoms with Crippen LogP contribution in [0.4, 0.5) is 11.4 Å². The Bertz CT molecular complexity index is 1300. The lowest BCUT2D eigenvalue weighted by molar-refractivity contribution is -0.111. The molecule has 1 saturated heterocycles. The van der Waals surface area contributed by atoms with Crippen LogP contribution in [0.15, 0.2) is 67.3 Å². The number of ether oxygens (including phenoxy) is 1. The molecule has 36 heavy (non-hydrogen) atoms. The van der Waals surface area contributed by atoms with Gasteiger partial charge in [0.05, 0.1) is 16.3 Å². The minimum absolute atomic E-state index is 0.268. The summed E-state index contributed by atoms with van der Waals surface area (Å²) >= 11 is 6.46. The molecule has 0 bridgehead atoms. The molecule has 0 spiro atoms. The van der Waals surface area contributed by atoms with Crippen LogP contribution >= 0.6 is 11.6 Å². The number of halogens is 1. The van der Waals surface area contributed by atoms with E-state index in [1.807, 2.05) is 6.08 Å². The molecule has 0 atom stereocenters. The Morgan fingerprint density at radius 2 is 1.81 bits per heavy atom. The van der Waals surface area contributed by atoms with E-state index in [9.17, 15) is 4.79 Å². The Morgan fingerprint density at radius 1 is 1.08 bits per heavy atom. The summed E-state index contributed by atoms with van der Waals surface area (Å²) in [7, 11) is 2.16. The van der Waals surface area contributed by atoms with E-state index in [4.69, 9.17) is 26.3 Å². The van der Waals surface area contributed by atoms with Gasteiger partial charge in [-0.25, -0.2) is 4.98 Å². The highest BCUT2D eigenvalue weighted by atomic mass is 35.5. The SMILES string of the molecule is C=CC(=O)Nc1ccc(Oc2nc(Cc3ccc(N4CCN(C)CC4)cc3)nc3c2C(Cl)=CC3)cc1. The predicted octanol–water partition coefficient (Wildman–Crippen LogP) is 4.87. The van der Waals surface area contributed by atoms with Gasteiger partial charge in [-0.2, -0.15) is 4.98 Å². The average molecular weight is 502 g/mol. The van der Waals surface area contributed by atoms with Gasteiger partial charge in [-0.15, -0.1) is 0 Å². The van der Waals surface area contributed by atoms with Gasteiger partial charge in [0.25, 0.3) is 0 Å². The standard InChI is InChI=1S/C28H28ClN5O2/c1-3-26(35)30-20-6-10-22(11-7-20)36-28-27-23(29)12-13-24(27)31-25(32-28)18-19-4-8-21(9-5-19)34-16-14-33(2)15-17-34/h3-12H,1,13-18H2,2H3,(H,30,35). The average Bonchev–Trinajstić information content (AvgIpc) is 3.27. The van der Waals surface area contributed by atoms with Gasteiger partial charge in [0, 0.05) is 50.4 Å². The van der Waals surface area contributed by atoms with E-state index in [-0.39, 0.29) is 5.91 Å². The van der Waals surface area contributed by atoms with Crippen LogP contribution < -0.4 is 15.0 Å². The number of likely N-dealkylation sites (N-methyl/N-ethyl adjacent to an activating group) is 1. The maximum absolute atomic E-state index is 11.5. The van der Waals surface area contributed by atoms with Crippen molar-refractivity contribution in [3.63, 3.8) is 0 Å². The van der Waals surface area contributed by atoms with E-state index >= 15 is 0 Å². The summed E-state index contributed by atoms with van der Waals surface area (Å²) in [4.78, 5) is 25.8. The Kier molecular flexibility index (Phi) is 7.02. The number of carbonyl (C=O) groups is 1. The second-order valence-electron chi connectivity index (χ2n) is 8.98. The van der Waals surface area contributed by atoms with Crippen molar-refractivity contribution in [2.24, 2.45) is 0 Å². The molecule has 7 nitrogen and oxygen atoms in total. The summed E-state index contributed by atoms with van der Waals surface area (Å²) in [6.07, 6.45) is 4.40. The number of allylic oxidation sites excluding steroid dienone is 1. The molecule has 2 heterocycles. The van der Waals surface area contributed by atoms with Crippen molar-refractivity contribution < 1.29 is 9.53 Å². The smallest absolute Gasteiger partial charge is 0.247 e. The van der Waals surface area contributed by atoms with Gasteiger partial charge in [0.2, 0.25) is 11.8 Å². The van der Waals surface area contributed by atoms with E-state index in [1.54, 1.807) is 24.3 Å². The molecule has 2 aliphatic rings. The van der Waals surface area contributed by atoms with E-state index < -0.39 is 0 Å². The quantitative estimate of drug-likeness (QED) is 0.466. The first kappa shape index (κ1) is 24.0. The summed E-state index contributed by atoms with van der Waals surface area (Å²) in [5.41, 5.74) is 4.63. The molecule has 0 saturated carbocycles. The number of hydrogen-bond donors (Lipinski definition) is 1. The third-order valence-electron chi connectivity index (χ3n) is 6.40. The number of nitrogens with one attached hydrogen (secondary N) is 1. The molecule has 5 rings (SSSR count). The van der Waals surface area contributed by atoms with Gasteiger partial charge >= 0.3 is 0 Å². The number of fused-ring (bicyclic) bond motifs is 1. The Labute approximate surface area is 216 Å². The van der Waals surface area contributed by atoms with Gasteiger partial charge in [0.1, 0.15) is 11.6 Å². The fourth-order valence-electron chi connectivity index (χ4n) is 4.35. The van der Waals surface area contributed by atoms with Crippen molar-refractivity contribution in [3.8, 4) is 11.6 Å². The first-order chi connectivity index (χ1) is 17.5. The van der Waals surface area contributed by atoms with Gasteiger partial charge in [-0.05, 0) is 55.1 Å². The summed E-state index contributed by atoms with van der Waals surface area (Å²) in [5.74, 6) is 1.44. The molecule has 184 valence electrons. The number of anilines is 2. The number of benzene rings is 2. The zero-order valence-electron chi connectivity index (χ0n) is 20.2. The Morgan fingerprint density at radius 3 is 2.50 bits per heavy atom. The Hall–Kier alpha value is -3.68. The van der Waals surface area contributed by atoms with Crippen molar-refractivity contribution in [1.82, 2.24) is 14.9 Å². The van der Waals surface area contributed by atoms with Crippen LogP contribution in [0.1, 0.15) is 22.6 Å². The summed E-state index contributed by atoms with van der Waals surface area (Å²) in [6.45, 7) is 7.71. The van der Waals surface area contributed by atoms with Gasteiger partial charge in [-0.3, -0.25) is 4.79 Å². The monoisotopic (exact) mass is 501 g/mol.